The van der Waals surface area contributed by atoms with E-state index in [1.807, 2.05) is 0 Å². The van der Waals surface area contributed by atoms with Crippen molar-refractivity contribution < 1.29 is 17.9 Å². The van der Waals surface area contributed by atoms with Crippen LogP contribution in [-0.2, 0) is 15.4 Å². The lowest BCUT2D eigenvalue weighted by Crippen LogP contribution is -2.09. The van der Waals surface area contributed by atoms with Gasteiger partial charge in [0, 0.05) is 0 Å². The van der Waals surface area contributed by atoms with Crippen LogP contribution in [0.2, 0.25) is 0 Å². The molecule has 0 aliphatic carbocycles. The second kappa shape index (κ2) is 5.39. The number of rotatable bonds is 4. The van der Waals surface area contributed by atoms with E-state index >= 15 is 0 Å². The quantitative estimate of drug-likeness (QED) is 0.584. The molecule has 0 unspecified atom stereocenters. The molecular weight excluding hydrogens is 204 g/mol. The number of benzene rings is 1. The van der Waals surface area contributed by atoms with Gasteiger partial charge in [-0.05, 0) is 12.1 Å². The van der Waals surface area contributed by atoms with Gasteiger partial charge >= 0.3 is 5.97 Å². The van der Waals surface area contributed by atoms with Gasteiger partial charge in [0.25, 0.3) is 0 Å². The first-order valence-corrected chi connectivity index (χ1v) is 5.40. The monoisotopic (exact) mass is 214 g/mol. The molecule has 1 aromatic rings. The Morgan fingerprint density at radius 3 is 2.43 bits per heavy atom. The van der Waals surface area contributed by atoms with E-state index in [-0.39, 0.29) is 12.4 Å². The molecule has 1 aromatic carbocycles. The summed E-state index contributed by atoms with van der Waals surface area (Å²) in [4.78, 5) is 11.2. The van der Waals surface area contributed by atoms with Gasteiger partial charge in [0.05, 0.1) is 11.3 Å². The minimum atomic E-state index is -2.48. The molecule has 0 heterocycles. The fraction of sp³-hybridized carbons (Fsp3) is 0.222. The molecule has 0 radical (unpaired) electrons. The first-order chi connectivity index (χ1) is 6.70. The van der Waals surface area contributed by atoms with Crippen LogP contribution in [0.5, 0.6) is 0 Å². The van der Waals surface area contributed by atoms with Crippen LogP contribution >= 0.6 is 0 Å². The van der Waals surface area contributed by atoms with Gasteiger partial charge in [-0.3, -0.25) is 0 Å². The molecule has 0 saturated carbocycles. The van der Waals surface area contributed by atoms with E-state index in [2.05, 4.69) is 0 Å². The molecule has 5 heteroatoms. The Labute approximate surface area is 83.5 Å². The topological polar surface area (TPSA) is 60.4 Å². The van der Waals surface area contributed by atoms with Crippen LogP contribution in [0.3, 0.4) is 0 Å². The van der Waals surface area contributed by atoms with Gasteiger partial charge in [0.15, 0.2) is 0 Å². The molecule has 0 aromatic heterocycles. The Bertz CT molecular complexity index is 362. The summed E-state index contributed by atoms with van der Waals surface area (Å²) in [6, 6.07) is 8.43. The maximum atomic E-state index is 11.2. The first kappa shape index (κ1) is 10.7. The summed E-state index contributed by atoms with van der Waals surface area (Å²) < 4.78 is 25.0. The number of hydrogen-bond acceptors (Lipinski definition) is 4. The summed E-state index contributed by atoms with van der Waals surface area (Å²) in [6.07, 6.45) is 0. The third kappa shape index (κ3) is 3.57. The van der Waals surface area contributed by atoms with Gasteiger partial charge < -0.3 is 4.74 Å². The lowest BCUT2D eigenvalue weighted by atomic mass is 10.2. The maximum absolute atomic E-state index is 11.2. The Morgan fingerprint density at radius 2 is 1.86 bits per heavy atom. The second-order valence-electron chi connectivity index (χ2n) is 2.56. The summed E-state index contributed by atoms with van der Waals surface area (Å²) in [5, 5.41) is 0. The van der Waals surface area contributed by atoms with Gasteiger partial charge in [0.2, 0.25) is 0 Å². The van der Waals surface area contributed by atoms with Crippen LogP contribution in [0.1, 0.15) is 10.4 Å². The van der Waals surface area contributed by atoms with Gasteiger partial charge in [-0.15, -0.1) is 0 Å². The molecule has 1 rings (SSSR count). The normalized spacial score (nSPS) is 10.1. The van der Waals surface area contributed by atoms with E-state index in [0.29, 0.717) is 5.56 Å². The van der Waals surface area contributed by atoms with E-state index < -0.39 is 16.7 Å². The van der Waals surface area contributed by atoms with E-state index in [1.165, 1.54) is 0 Å². The summed E-state index contributed by atoms with van der Waals surface area (Å²) in [7, 11) is -2.48. The van der Waals surface area contributed by atoms with Crippen molar-refractivity contribution >= 4 is 16.7 Å². The molecule has 0 spiro atoms. The van der Waals surface area contributed by atoms with Crippen molar-refractivity contribution in [1.29, 1.82) is 0 Å². The SMILES string of the molecule is O=C(OCC[SH](=O)=O)c1ccccc1. The standard InChI is InChI=1S/C9H10O4S/c10-9(13-6-7-14(11)12)8-4-2-1-3-5-8/h1-5,14H,6-7H2. The maximum Gasteiger partial charge on any atom is 0.338 e. The number of esters is 1. The van der Waals surface area contributed by atoms with Crippen molar-refractivity contribution in [3.05, 3.63) is 35.9 Å². The number of carbonyl (C=O) groups is 1. The van der Waals surface area contributed by atoms with Crippen molar-refractivity contribution in [2.45, 2.75) is 0 Å². The minimum Gasteiger partial charge on any atom is -0.461 e. The third-order valence-electron chi connectivity index (χ3n) is 1.52. The summed E-state index contributed by atoms with van der Waals surface area (Å²) in [5.41, 5.74) is 0.425. The number of hydrogen-bond donors (Lipinski definition) is 1. The molecule has 0 aliphatic heterocycles. The van der Waals surface area contributed by atoms with Gasteiger partial charge in [-0.1, -0.05) is 18.2 Å². The van der Waals surface area contributed by atoms with E-state index in [1.54, 1.807) is 30.3 Å². The fourth-order valence-corrected chi connectivity index (χ4v) is 1.11. The van der Waals surface area contributed by atoms with Crippen molar-refractivity contribution in [3.63, 3.8) is 0 Å². The lowest BCUT2D eigenvalue weighted by molar-refractivity contribution is 0.0529. The molecule has 0 saturated heterocycles. The average Bonchev–Trinajstić information content (AvgIpc) is 2.18. The molecule has 0 amide bonds. The number of thiol groups is 1. The van der Waals surface area contributed by atoms with Crippen LogP contribution in [-0.4, -0.2) is 26.7 Å². The predicted octanol–water partition coefficient (Wildman–Crippen LogP) is 0.455. The third-order valence-corrected chi connectivity index (χ3v) is 2.06. The minimum absolute atomic E-state index is 0.0908. The molecule has 76 valence electrons. The molecule has 0 atom stereocenters. The van der Waals surface area contributed by atoms with Crippen LogP contribution in [0.4, 0.5) is 0 Å². The number of carbonyl (C=O) groups excluding carboxylic acids is 1. The lowest BCUT2D eigenvalue weighted by Gasteiger charge is -2.01. The summed E-state index contributed by atoms with van der Waals surface area (Å²) >= 11 is 0. The van der Waals surface area contributed by atoms with Crippen LogP contribution in [0, 0.1) is 0 Å². The number of ether oxygens (including phenoxy) is 1. The van der Waals surface area contributed by atoms with Gasteiger partial charge in [-0.25, -0.2) is 13.2 Å². The van der Waals surface area contributed by atoms with Crippen molar-refractivity contribution in [3.8, 4) is 0 Å². The van der Waals surface area contributed by atoms with Crippen molar-refractivity contribution in [2.24, 2.45) is 0 Å². The van der Waals surface area contributed by atoms with Crippen LogP contribution in [0.15, 0.2) is 30.3 Å². The van der Waals surface area contributed by atoms with Crippen LogP contribution in [0.25, 0.3) is 0 Å². The van der Waals surface area contributed by atoms with Crippen molar-refractivity contribution in [2.75, 3.05) is 12.4 Å². The van der Waals surface area contributed by atoms with Crippen LogP contribution < -0.4 is 0 Å². The van der Waals surface area contributed by atoms with E-state index in [0.717, 1.165) is 0 Å². The van der Waals surface area contributed by atoms with Gasteiger partial charge in [0.1, 0.15) is 17.3 Å². The zero-order chi connectivity index (χ0) is 10.4. The fourth-order valence-electron chi connectivity index (χ4n) is 0.870. The second-order valence-corrected chi connectivity index (χ2v) is 3.67. The molecule has 14 heavy (non-hydrogen) atoms. The Balaban J connectivity index is 2.44. The zero-order valence-corrected chi connectivity index (χ0v) is 8.28. The Morgan fingerprint density at radius 1 is 1.21 bits per heavy atom. The summed E-state index contributed by atoms with van der Waals surface area (Å²) in [5.74, 6) is -0.629. The smallest absolute Gasteiger partial charge is 0.338 e. The largest absolute Gasteiger partial charge is 0.461 e. The molecule has 0 bridgehead atoms. The van der Waals surface area contributed by atoms with Gasteiger partial charge in [-0.2, -0.15) is 0 Å². The first-order valence-electron chi connectivity index (χ1n) is 4.04. The molecular formula is C9H10O4S. The molecule has 0 aliphatic rings. The van der Waals surface area contributed by atoms with E-state index in [9.17, 15) is 13.2 Å². The molecule has 0 fully saturated rings. The molecule has 4 nitrogen and oxygen atoms in total. The highest BCUT2D eigenvalue weighted by Crippen LogP contribution is 2.00. The molecule has 0 N–H and O–H groups in total. The highest BCUT2D eigenvalue weighted by Gasteiger charge is 2.04. The predicted molar refractivity (Wildman–Crippen MR) is 51.9 cm³/mol. The highest BCUT2D eigenvalue weighted by molar-refractivity contribution is 7.72. The Hall–Kier alpha value is -1.36. The summed E-state index contributed by atoms with van der Waals surface area (Å²) in [6.45, 7) is -0.0908. The zero-order valence-electron chi connectivity index (χ0n) is 7.38. The average molecular weight is 214 g/mol. The highest BCUT2D eigenvalue weighted by atomic mass is 32.2. The Kier molecular flexibility index (Phi) is 4.12. The van der Waals surface area contributed by atoms with E-state index in [4.69, 9.17) is 4.74 Å². The van der Waals surface area contributed by atoms with Crippen molar-refractivity contribution in [1.82, 2.24) is 0 Å².